The zero-order valence-corrected chi connectivity index (χ0v) is 12.6. The minimum Gasteiger partial charge on any atom is -0.445 e. The molecule has 0 aliphatic heterocycles. The second kappa shape index (κ2) is 6.57. The van der Waals surface area contributed by atoms with Crippen LogP contribution in [0.25, 0.3) is 0 Å². The van der Waals surface area contributed by atoms with Crippen LogP contribution in [-0.4, -0.2) is 12.6 Å². The van der Waals surface area contributed by atoms with Gasteiger partial charge in [-0.05, 0) is 17.0 Å². The highest BCUT2D eigenvalue weighted by Gasteiger charge is 2.22. The quantitative estimate of drug-likeness (QED) is 0.905. The monoisotopic (exact) mass is 289 g/mol. The van der Waals surface area contributed by atoms with Crippen molar-refractivity contribution in [3.63, 3.8) is 0 Å². The molecule has 0 saturated heterocycles. The van der Waals surface area contributed by atoms with Crippen molar-refractivity contribution in [2.24, 2.45) is 0 Å². The summed E-state index contributed by atoms with van der Waals surface area (Å²) in [6.45, 7) is 5.07. The molecule has 1 heterocycles. The van der Waals surface area contributed by atoms with E-state index in [1.165, 1.54) is 4.88 Å². The Hall–Kier alpha value is -1.81. The van der Waals surface area contributed by atoms with Gasteiger partial charge in [-0.2, -0.15) is 0 Å². The fourth-order valence-electron chi connectivity index (χ4n) is 1.82. The molecule has 2 aromatic rings. The molecule has 0 atom stereocenters. The van der Waals surface area contributed by atoms with Crippen molar-refractivity contribution < 1.29 is 9.53 Å². The van der Waals surface area contributed by atoms with Gasteiger partial charge in [-0.25, -0.2) is 4.79 Å². The Bertz CT molecular complexity index is 535. The fourth-order valence-corrected chi connectivity index (χ4v) is 2.67. The van der Waals surface area contributed by atoms with Gasteiger partial charge >= 0.3 is 6.09 Å². The second-order valence-electron chi connectivity index (χ2n) is 5.28. The minimum absolute atomic E-state index is 0.0834. The maximum absolute atomic E-state index is 11.7. The summed E-state index contributed by atoms with van der Waals surface area (Å²) < 4.78 is 5.19. The smallest absolute Gasteiger partial charge is 0.407 e. The van der Waals surface area contributed by atoms with Crippen LogP contribution in [0.4, 0.5) is 4.79 Å². The zero-order chi connectivity index (χ0) is 14.4. The maximum Gasteiger partial charge on any atom is 0.407 e. The summed E-state index contributed by atoms with van der Waals surface area (Å²) in [7, 11) is 0. The average Bonchev–Trinajstić information content (AvgIpc) is 2.99. The lowest BCUT2D eigenvalue weighted by molar-refractivity contribution is 0.137. The SMILES string of the molecule is CC(C)(CNC(=O)OCc1ccccc1)c1cccs1. The summed E-state index contributed by atoms with van der Waals surface area (Å²) in [4.78, 5) is 13.0. The van der Waals surface area contributed by atoms with Gasteiger partial charge in [0.2, 0.25) is 0 Å². The largest absolute Gasteiger partial charge is 0.445 e. The molecular formula is C16H19NO2S. The maximum atomic E-state index is 11.7. The van der Waals surface area contributed by atoms with Crippen LogP contribution in [0.5, 0.6) is 0 Å². The van der Waals surface area contributed by atoms with E-state index in [-0.39, 0.29) is 11.5 Å². The van der Waals surface area contributed by atoms with Crippen molar-refractivity contribution in [3.05, 3.63) is 58.3 Å². The summed E-state index contributed by atoms with van der Waals surface area (Å²) in [6.07, 6.45) is -0.376. The highest BCUT2D eigenvalue weighted by atomic mass is 32.1. The van der Waals surface area contributed by atoms with Crippen molar-refractivity contribution in [3.8, 4) is 0 Å². The third-order valence-corrected chi connectivity index (χ3v) is 4.31. The molecule has 1 aromatic carbocycles. The third-order valence-electron chi connectivity index (χ3n) is 3.08. The molecule has 0 unspecified atom stereocenters. The number of hydrogen-bond donors (Lipinski definition) is 1. The summed E-state index contributed by atoms with van der Waals surface area (Å²) >= 11 is 1.70. The Labute approximate surface area is 123 Å². The van der Waals surface area contributed by atoms with E-state index in [0.29, 0.717) is 13.2 Å². The van der Waals surface area contributed by atoms with Crippen LogP contribution in [0.15, 0.2) is 47.8 Å². The van der Waals surface area contributed by atoms with Crippen molar-refractivity contribution in [1.29, 1.82) is 0 Å². The van der Waals surface area contributed by atoms with E-state index in [2.05, 4.69) is 25.2 Å². The summed E-state index contributed by atoms with van der Waals surface area (Å²) in [6, 6.07) is 13.8. The van der Waals surface area contributed by atoms with Gasteiger partial charge in [0, 0.05) is 16.8 Å². The Morgan fingerprint density at radius 1 is 1.20 bits per heavy atom. The number of hydrogen-bond acceptors (Lipinski definition) is 3. The number of ether oxygens (including phenoxy) is 1. The van der Waals surface area contributed by atoms with Crippen molar-refractivity contribution in [2.45, 2.75) is 25.9 Å². The number of carbonyl (C=O) groups is 1. The lowest BCUT2D eigenvalue weighted by atomic mass is 9.91. The molecule has 2 rings (SSSR count). The molecular weight excluding hydrogens is 270 g/mol. The third kappa shape index (κ3) is 4.10. The van der Waals surface area contributed by atoms with Gasteiger partial charge in [0.25, 0.3) is 0 Å². The van der Waals surface area contributed by atoms with E-state index in [1.807, 2.05) is 41.8 Å². The number of carbonyl (C=O) groups excluding carboxylic acids is 1. The Balaban J connectivity index is 1.78. The first-order chi connectivity index (χ1) is 9.58. The summed E-state index contributed by atoms with van der Waals surface area (Å²) in [5, 5.41) is 4.87. The summed E-state index contributed by atoms with van der Waals surface area (Å²) in [5.41, 5.74) is 0.903. The predicted octanol–water partition coefficient (Wildman–Crippen LogP) is 3.95. The van der Waals surface area contributed by atoms with Crippen molar-refractivity contribution in [2.75, 3.05) is 6.54 Å². The molecule has 106 valence electrons. The number of thiophene rings is 1. The minimum atomic E-state index is -0.376. The first-order valence-corrected chi connectivity index (χ1v) is 7.44. The molecule has 0 aliphatic carbocycles. The molecule has 0 aliphatic rings. The van der Waals surface area contributed by atoms with Gasteiger partial charge in [-0.1, -0.05) is 50.2 Å². The van der Waals surface area contributed by atoms with Gasteiger partial charge in [0.15, 0.2) is 0 Å². The first-order valence-electron chi connectivity index (χ1n) is 6.56. The predicted molar refractivity (Wildman–Crippen MR) is 82.0 cm³/mol. The molecule has 4 heteroatoms. The topological polar surface area (TPSA) is 38.3 Å². The lowest BCUT2D eigenvalue weighted by Gasteiger charge is -2.23. The molecule has 1 N–H and O–H groups in total. The van der Waals surface area contributed by atoms with Crippen LogP contribution < -0.4 is 5.32 Å². The van der Waals surface area contributed by atoms with E-state index < -0.39 is 0 Å². The van der Waals surface area contributed by atoms with E-state index in [9.17, 15) is 4.79 Å². The molecule has 0 bridgehead atoms. The zero-order valence-electron chi connectivity index (χ0n) is 11.8. The van der Waals surface area contributed by atoms with Crippen molar-refractivity contribution in [1.82, 2.24) is 5.32 Å². The molecule has 3 nitrogen and oxygen atoms in total. The van der Waals surface area contributed by atoms with Gasteiger partial charge in [0.05, 0.1) is 0 Å². The number of benzene rings is 1. The van der Waals surface area contributed by atoms with Gasteiger partial charge < -0.3 is 10.1 Å². The Kier molecular flexibility index (Phi) is 4.79. The van der Waals surface area contributed by atoms with Crippen LogP contribution in [-0.2, 0) is 16.8 Å². The number of alkyl carbamates (subject to hydrolysis) is 1. The van der Waals surface area contributed by atoms with Crippen LogP contribution in [0.3, 0.4) is 0 Å². The molecule has 1 amide bonds. The molecule has 0 saturated carbocycles. The van der Waals surface area contributed by atoms with E-state index in [0.717, 1.165) is 5.56 Å². The van der Waals surface area contributed by atoms with Gasteiger partial charge in [0.1, 0.15) is 6.61 Å². The molecule has 20 heavy (non-hydrogen) atoms. The first kappa shape index (κ1) is 14.6. The Morgan fingerprint density at radius 3 is 2.60 bits per heavy atom. The summed E-state index contributed by atoms with van der Waals surface area (Å²) in [5.74, 6) is 0. The van der Waals surface area contributed by atoms with Crippen LogP contribution in [0, 0.1) is 0 Å². The van der Waals surface area contributed by atoms with Gasteiger partial charge in [-0.15, -0.1) is 11.3 Å². The normalized spacial score (nSPS) is 11.1. The molecule has 1 aromatic heterocycles. The second-order valence-corrected chi connectivity index (χ2v) is 6.22. The average molecular weight is 289 g/mol. The molecule has 0 fully saturated rings. The van der Waals surface area contributed by atoms with Gasteiger partial charge in [-0.3, -0.25) is 0 Å². The number of rotatable bonds is 5. The fraction of sp³-hybridized carbons (Fsp3) is 0.312. The number of amides is 1. The molecule has 0 radical (unpaired) electrons. The van der Waals surface area contributed by atoms with Crippen molar-refractivity contribution >= 4 is 17.4 Å². The lowest BCUT2D eigenvalue weighted by Crippen LogP contribution is -2.36. The van der Waals surface area contributed by atoms with Crippen LogP contribution in [0.1, 0.15) is 24.3 Å². The highest BCUT2D eigenvalue weighted by Crippen LogP contribution is 2.26. The standard InChI is InChI=1S/C16H19NO2S/c1-16(2,14-9-6-10-20-14)12-17-15(18)19-11-13-7-4-3-5-8-13/h3-10H,11-12H2,1-2H3,(H,17,18). The van der Waals surface area contributed by atoms with E-state index in [1.54, 1.807) is 11.3 Å². The molecule has 0 spiro atoms. The highest BCUT2D eigenvalue weighted by molar-refractivity contribution is 7.10. The van der Waals surface area contributed by atoms with Crippen LogP contribution >= 0.6 is 11.3 Å². The van der Waals surface area contributed by atoms with E-state index >= 15 is 0 Å². The Morgan fingerprint density at radius 2 is 1.95 bits per heavy atom. The van der Waals surface area contributed by atoms with Crippen LogP contribution in [0.2, 0.25) is 0 Å². The number of nitrogens with one attached hydrogen (secondary N) is 1. The van der Waals surface area contributed by atoms with E-state index in [4.69, 9.17) is 4.74 Å².